The Labute approximate surface area is 148 Å². The maximum atomic E-state index is 10.9. The summed E-state index contributed by atoms with van der Waals surface area (Å²) in [5.41, 5.74) is -1.81. The third-order valence-electron chi connectivity index (χ3n) is 5.97. The van der Waals surface area contributed by atoms with Crippen LogP contribution in [0.3, 0.4) is 0 Å². The minimum absolute atomic E-state index is 0.250. The van der Waals surface area contributed by atoms with Gasteiger partial charge in [0, 0.05) is 18.3 Å². The molecule has 7 N–H and O–H groups in total. The van der Waals surface area contributed by atoms with Gasteiger partial charge in [-0.15, -0.1) is 0 Å². The number of ether oxygens (including phenoxy) is 4. The molecule has 0 aromatic heterocycles. The van der Waals surface area contributed by atoms with Gasteiger partial charge in [-0.3, -0.25) is 0 Å². The molecule has 11 nitrogen and oxygen atoms in total. The first-order valence-electron chi connectivity index (χ1n) is 8.59. The summed E-state index contributed by atoms with van der Waals surface area (Å²) in [7, 11) is 0. The van der Waals surface area contributed by atoms with Crippen molar-refractivity contribution in [1.29, 1.82) is 0 Å². The van der Waals surface area contributed by atoms with Crippen molar-refractivity contribution >= 4 is 0 Å². The molecular weight excluding hydrogens is 356 g/mol. The fourth-order valence-electron chi connectivity index (χ4n) is 4.49. The van der Waals surface area contributed by atoms with Crippen LogP contribution in [0, 0.1) is 11.8 Å². The first kappa shape index (κ1) is 18.9. The van der Waals surface area contributed by atoms with Crippen LogP contribution in [0.2, 0.25) is 0 Å². The van der Waals surface area contributed by atoms with Gasteiger partial charge < -0.3 is 54.7 Å². The molecule has 0 unspecified atom stereocenters. The van der Waals surface area contributed by atoms with Crippen molar-refractivity contribution in [1.82, 2.24) is 0 Å². The van der Waals surface area contributed by atoms with E-state index in [2.05, 4.69) is 0 Å². The van der Waals surface area contributed by atoms with E-state index < -0.39 is 79.5 Å². The van der Waals surface area contributed by atoms with E-state index in [-0.39, 0.29) is 13.0 Å². The average molecular weight is 380 g/mol. The Kier molecular flexibility index (Phi) is 4.77. The molecule has 0 radical (unpaired) electrons. The molecular formula is C15H24O11. The number of aliphatic hydroxyl groups is 7. The number of hydrogen-bond donors (Lipinski definition) is 7. The maximum absolute atomic E-state index is 10.9. The van der Waals surface area contributed by atoms with E-state index in [9.17, 15) is 35.7 Å². The van der Waals surface area contributed by atoms with Crippen molar-refractivity contribution in [3.05, 3.63) is 0 Å². The monoisotopic (exact) mass is 380 g/mol. The summed E-state index contributed by atoms with van der Waals surface area (Å²) >= 11 is 0. The van der Waals surface area contributed by atoms with E-state index in [1.165, 1.54) is 0 Å². The molecule has 5 rings (SSSR count). The number of fused-ring (bicyclic) bond motifs is 2. The van der Waals surface area contributed by atoms with Crippen LogP contribution in [-0.2, 0) is 18.9 Å². The Balaban J connectivity index is 1.57. The highest BCUT2D eigenvalue weighted by Gasteiger charge is 2.67. The normalized spacial score (nSPS) is 59.4. The molecule has 4 saturated heterocycles. The molecule has 0 aromatic rings. The summed E-state index contributed by atoms with van der Waals surface area (Å²) in [6, 6.07) is 0. The molecule has 12 atom stereocenters. The van der Waals surface area contributed by atoms with Gasteiger partial charge in [-0.25, -0.2) is 0 Å². The fourth-order valence-corrected chi connectivity index (χ4v) is 4.49. The Morgan fingerprint density at radius 3 is 2.35 bits per heavy atom. The lowest BCUT2D eigenvalue weighted by molar-refractivity contribution is -0.371. The Morgan fingerprint density at radius 2 is 1.65 bits per heavy atom. The van der Waals surface area contributed by atoms with Crippen LogP contribution in [-0.4, -0.2) is 110 Å². The van der Waals surface area contributed by atoms with E-state index in [0.29, 0.717) is 0 Å². The molecule has 4 bridgehead atoms. The summed E-state index contributed by atoms with van der Waals surface area (Å²) in [6.07, 6.45) is -11.8. The van der Waals surface area contributed by atoms with Crippen LogP contribution >= 0.6 is 0 Å². The molecule has 0 amide bonds. The highest BCUT2D eigenvalue weighted by Crippen LogP contribution is 2.52. The zero-order chi connectivity index (χ0) is 18.8. The van der Waals surface area contributed by atoms with E-state index in [1.54, 1.807) is 0 Å². The van der Waals surface area contributed by atoms with Crippen LogP contribution in [0.4, 0.5) is 0 Å². The molecule has 5 fully saturated rings. The second-order valence-corrected chi connectivity index (χ2v) is 7.43. The zero-order valence-corrected chi connectivity index (χ0v) is 13.7. The molecule has 5 aliphatic rings. The standard InChI is InChI=1S/C15H24O11/c16-2-5-9(18)10(19)11(20)14(24-5)26-13-7-4-1-6(25-13)23-3-15(7,22)12(21)8(4)17/h4-14,16-22H,1-3H2/t4-,5-,6-,7-,8+,9-,10+,11-,12-,13+,14+,15-/m1/s1. The predicted octanol–water partition coefficient (Wildman–Crippen LogP) is -4.40. The third-order valence-corrected chi connectivity index (χ3v) is 5.97. The van der Waals surface area contributed by atoms with Crippen LogP contribution < -0.4 is 0 Å². The number of aliphatic hydroxyl groups excluding tert-OH is 6. The number of hydrogen-bond acceptors (Lipinski definition) is 11. The van der Waals surface area contributed by atoms with Gasteiger partial charge in [0.15, 0.2) is 18.9 Å². The predicted molar refractivity (Wildman–Crippen MR) is 78.0 cm³/mol. The molecule has 0 spiro atoms. The van der Waals surface area contributed by atoms with Crippen LogP contribution in [0.15, 0.2) is 0 Å². The van der Waals surface area contributed by atoms with Gasteiger partial charge in [0.1, 0.15) is 36.1 Å². The lowest BCUT2D eigenvalue weighted by Gasteiger charge is -2.44. The minimum Gasteiger partial charge on any atom is -0.394 e. The lowest BCUT2D eigenvalue weighted by Crippen LogP contribution is -2.61. The van der Waals surface area contributed by atoms with Crippen molar-refractivity contribution in [3.63, 3.8) is 0 Å². The lowest BCUT2D eigenvalue weighted by atomic mass is 9.82. The fraction of sp³-hybridized carbons (Fsp3) is 1.00. The van der Waals surface area contributed by atoms with Crippen LogP contribution in [0.5, 0.6) is 0 Å². The quantitative estimate of drug-likeness (QED) is 0.251. The first-order valence-corrected chi connectivity index (χ1v) is 8.59. The van der Waals surface area contributed by atoms with Crippen molar-refractivity contribution < 1.29 is 54.7 Å². The second-order valence-electron chi connectivity index (χ2n) is 7.43. The van der Waals surface area contributed by atoms with Crippen LogP contribution in [0.1, 0.15) is 6.42 Å². The van der Waals surface area contributed by atoms with Gasteiger partial charge >= 0.3 is 0 Å². The van der Waals surface area contributed by atoms with Crippen molar-refractivity contribution in [2.24, 2.45) is 11.8 Å². The molecule has 4 heterocycles. The highest BCUT2D eigenvalue weighted by atomic mass is 16.8. The summed E-state index contributed by atoms with van der Waals surface area (Å²) in [5, 5.41) is 70.4. The molecule has 4 aliphatic heterocycles. The van der Waals surface area contributed by atoms with Gasteiger partial charge in [0.05, 0.1) is 19.3 Å². The van der Waals surface area contributed by atoms with E-state index in [1.807, 2.05) is 0 Å². The summed E-state index contributed by atoms with van der Waals surface area (Å²) in [5.74, 6) is -1.43. The van der Waals surface area contributed by atoms with Gasteiger partial charge in [0.25, 0.3) is 0 Å². The molecule has 1 saturated carbocycles. The molecule has 26 heavy (non-hydrogen) atoms. The van der Waals surface area contributed by atoms with Gasteiger partial charge in [-0.2, -0.15) is 0 Å². The average Bonchev–Trinajstić information content (AvgIpc) is 2.77. The van der Waals surface area contributed by atoms with Crippen LogP contribution in [0.25, 0.3) is 0 Å². The highest BCUT2D eigenvalue weighted by molar-refractivity contribution is 5.12. The van der Waals surface area contributed by atoms with E-state index >= 15 is 0 Å². The SMILES string of the molecule is OC[C@H]1O[C@@H](O[C@@H]2O[C@@H]3C[C@H]4[C@H](O)[C@@H](O)[C@@](O)(CO3)[C@@H]24)[C@H](O)[C@@H](O)[C@@H]1O. The van der Waals surface area contributed by atoms with Gasteiger partial charge in [0.2, 0.25) is 0 Å². The number of rotatable bonds is 3. The smallest absolute Gasteiger partial charge is 0.189 e. The molecule has 1 aliphatic carbocycles. The molecule has 0 aromatic carbocycles. The first-order chi connectivity index (χ1) is 12.3. The van der Waals surface area contributed by atoms with Crippen molar-refractivity contribution in [2.75, 3.05) is 13.2 Å². The molecule has 11 heteroatoms. The van der Waals surface area contributed by atoms with Crippen molar-refractivity contribution in [2.45, 2.75) is 67.5 Å². The Morgan fingerprint density at radius 1 is 0.923 bits per heavy atom. The van der Waals surface area contributed by atoms with Crippen molar-refractivity contribution in [3.8, 4) is 0 Å². The zero-order valence-electron chi connectivity index (χ0n) is 13.7. The van der Waals surface area contributed by atoms with E-state index in [4.69, 9.17) is 18.9 Å². The topological polar surface area (TPSA) is 179 Å². The van der Waals surface area contributed by atoms with E-state index in [0.717, 1.165) is 0 Å². The summed E-state index contributed by atoms with van der Waals surface area (Å²) < 4.78 is 21.9. The van der Waals surface area contributed by atoms with Gasteiger partial charge in [-0.05, 0) is 0 Å². The maximum Gasteiger partial charge on any atom is 0.189 e. The summed E-state index contributed by atoms with van der Waals surface area (Å²) in [4.78, 5) is 0. The largest absolute Gasteiger partial charge is 0.394 e. The Hall–Kier alpha value is -0.440. The minimum atomic E-state index is -1.81. The Bertz CT molecular complexity index is 532. The summed E-state index contributed by atoms with van der Waals surface area (Å²) in [6.45, 7) is -0.874. The third kappa shape index (κ3) is 2.63. The second kappa shape index (κ2) is 6.57. The van der Waals surface area contributed by atoms with Gasteiger partial charge in [-0.1, -0.05) is 0 Å². The molecule has 150 valence electrons.